The fraction of sp³-hybridized carbons (Fsp3) is 1.00. The van der Waals surface area contributed by atoms with E-state index in [1.54, 1.807) is 0 Å². The van der Waals surface area contributed by atoms with Gasteiger partial charge in [0.2, 0.25) is 0 Å². The van der Waals surface area contributed by atoms with Crippen molar-refractivity contribution in [1.82, 2.24) is 10.2 Å². The largest absolute Gasteiger partial charge is 0.317 e. The second-order valence-electron chi connectivity index (χ2n) is 5.21. The average molecular weight is 212 g/mol. The van der Waals surface area contributed by atoms with E-state index in [0.29, 0.717) is 11.5 Å². The van der Waals surface area contributed by atoms with Crippen molar-refractivity contribution >= 4 is 0 Å². The lowest BCUT2D eigenvalue weighted by Gasteiger charge is -2.26. The molecule has 0 aromatic carbocycles. The van der Waals surface area contributed by atoms with Crippen LogP contribution in [-0.4, -0.2) is 37.6 Å². The Balaban J connectivity index is 2.30. The molecule has 1 aliphatic rings. The molecule has 15 heavy (non-hydrogen) atoms. The zero-order chi connectivity index (χ0) is 11.3. The summed E-state index contributed by atoms with van der Waals surface area (Å²) >= 11 is 0. The molecule has 1 N–H and O–H groups in total. The van der Waals surface area contributed by atoms with Crippen LogP contribution in [0.25, 0.3) is 0 Å². The van der Waals surface area contributed by atoms with Crippen molar-refractivity contribution in [2.45, 2.75) is 52.5 Å². The number of nitrogens with zero attached hydrogens (tertiary/aromatic N) is 1. The summed E-state index contributed by atoms with van der Waals surface area (Å²) in [6.45, 7) is 10.9. The van der Waals surface area contributed by atoms with Crippen molar-refractivity contribution in [3.05, 3.63) is 0 Å². The Morgan fingerprint density at radius 2 is 2.00 bits per heavy atom. The summed E-state index contributed by atoms with van der Waals surface area (Å²) in [5.41, 5.74) is 0.642. The maximum atomic E-state index is 3.31. The van der Waals surface area contributed by atoms with Crippen molar-refractivity contribution in [2.24, 2.45) is 5.41 Å². The van der Waals surface area contributed by atoms with E-state index in [-0.39, 0.29) is 0 Å². The van der Waals surface area contributed by atoms with E-state index in [1.165, 1.54) is 45.3 Å². The van der Waals surface area contributed by atoms with Crippen LogP contribution in [0.5, 0.6) is 0 Å². The highest BCUT2D eigenvalue weighted by molar-refractivity contribution is 4.88. The van der Waals surface area contributed by atoms with Gasteiger partial charge >= 0.3 is 0 Å². The van der Waals surface area contributed by atoms with Gasteiger partial charge in [-0.1, -0.05) is 13.8 Å². The topological polar surface area (TPSA) is 15.3 Å². The van der Waals surface area contributed by atoms with Crippen LogP contribution in [0.15, 0.2) is 0 Å². The summed E-state index contributed by atoms with van der Waals surface area (Å²) in [5.74, 6) is 0. The molecule has 1 saturated heterocycles. The Morgan fingerprint density at radius 3 is 2.47 bits per heavy atom. The molecule has 90 valence electrons. The van der Waals surface area contributed by atoms with Crippen LogP contribution in [0.2, 0.25) is 0 Å². The molecule has 0 amide bonds. The van der Waals surface area contributed by atoms with E-state index < -0.39 is 0 Å². The third-order valence-corrected chi connectivity index (χ3v) is 4.39. The van der Waals surface area contributed by atoms with Gasteiger partial charge in [0, 0.05) is 12.6 Å². The smallest absolute Gasteiger partial charge is 0.00479 e. The third-order valence-electron chi connectivity index (χ3n) is 4.39. The molecule has 0 spiro atoms. The summed E-state index contributed by atoms with van der Waals surface area (Å²) in [5, 5.41) is 3.31. The summed E-state index contributed by atoms with van der Waals surface area (Å²) in [6.07, 6.45) is 5.39. The molecule has 1 unspecified atom stereocenters. The van der Waals surface area contributed by atoms with Gasteiger partial charge in [-0.25, -0.2) is 0 Å². The molecule has 0 aromatic rings. The van der Waals surface area contributed by atoms with Crippen molar-refractivity contribution in [2.75, 3.05) is 26.7 Å². The minimum absolute atomic E-state index is 0.642. The number of hydrogen-bond acceptors (Lipinski definition) is 2. The Hall–Kier alpha value is -0.0800. The first-order valence-corrected chi connectivity index (χ1v) is 6.55. The highest BCUT2D eigenvalue weighted by atomic mass is 15.2. The second kappa shape index (κ2) is 5.86. The van der Waals surface area contributed by atoms with Crippen LogP contribution in [0.1, 0.15) is 46.5 Å². The SMILES string of the molecule is CCC1(CC)CCN(CCC(C)NC)C1. The van der Waals surface area contributed by atoms with E-state index >= 15 is 0 Å². The molecule has 2 nitrogen and oxygen atoms in total. The van der Waals surface area contributed by atoms with E-state index in [0.717, 1.165) is 0 Å². The van der Waals surface area contributed by atoms with Gasteiger partial charge in [-0.05, 0) is 58.2 Å². The summed E-state index contributed by atoms with van der Waals surface area (Å²) in [6, 6.07) is 0.656. The Labute approximate surface area is 95.4 Å². The maximum absolute atomic E-state index is 3.31. The molecular formula is C13H28N2. The van der Waals surface area contributed by atoms with E-state index in [1.807, 2.05) is 0 Å². The lowest BCUT2D eigenvalue weighted by Crippen LogP contribution is -2.31. The number of nitrogens with one attached hydrogen (secondary N) is 1. The molecule has 1 fully saturated rings. The van der Waals surface area contributed by atoms with E-state index in [2.05, 4.69) is 38.0 Å². The first kappa shape index (κ1) is 13.0. The van der Waals surface area contributed by atoms with E-state index in [9.17, 15) is 0 Å². The van der Waals surface area contributed by atoms with Crippen LogP contribution >= 0.6 is 0 Å². The normalized spacial score (nSPS) is 23.2. The molecule has 2 heteroatoms. The second-order valence-corrected chi connectivity index (χ2v) is 5.21. The maximum Gasteiger partial charge on any atom is 0.00479 e. The van der Waals surface area contributed by atoms with Gasteiger partial charge in [0.25, 0.3) is 0 Å². The van der Waals surface area contributed by atoms with Crippen molar-refractivity contribution in [3.8, 4) is 0 Å². The standard InChI is InChI=1S/C13H28N2/c1-5-13(6-2)8-10-15(11-13)9-7-12(3)14-4/h12,14H,5-11H2,1-4H3. The minimum atomic E-state index is 0.642. The molecule has 0 saturated carbocycles. The quantitative estimate of drug-likeness (QED) is 0.728. The van der Waals surface area contributed by atoms with Gasteiger partial charge < -0.3 is 10.2 Å². The Kier molecular flexibility index (Phi) is 5.07. The first-order chi connectivity index (χ1) is 7.15. The fourth-order valence-corrected chi connectivity index (χ4v) is 2.57. The van der Waals surface area contributed by atoms with Gasteiger partial charge in [0.1, 0.15) is 0 Å². The van der Waals surface area contributed by atoms with Crippen LogP contribution in [0.4, 0.5) is 0 Å². The van der Waals surface area contributed by atoms with Crippen LogP contribution in [-0.2, 0) is 0 Å². The number of likely N-dealkylation sites (tertiary alicyclic amines) is 1. The lowest BCUT2D eigenvalue weighted by molar-refractivity contribution is 0.235. The van der Waals surface area contributed by atoms with Crippen LogP contribution in [0, 0.1) is 5.41 Å². The van der Waals surface area contributed by atoms with Crippen molar-refractivity contribution in [1.29, 1.82) is 0 Å². The molecule has 0 radical (unpaired) electrons. The van der Waals surface area contributed by atoms with Gasteiger partial charge in [0.05, 0.1) is 0 Å². The predicted octanol–water partition coefficient (Wildman–Crippen LogP) is 2.50. The average Bonchev–Trinajstić information content (AvgIpc) is 2.70. The van der Waals surface area contributed by atoms with Gasteiger partial charge in [0.15, 0.2) is 0 Å². The molecule has 1 atom stereocenters. The van der Waals surface area contributed by atoms with Gasteiger partial charge in [-0.2, -0.15) is 0 Å². The highest BCUT2D eigenvalue weighted by Gasteiger charge is 2.34. The Bertz CT molecular complexity index is 175. The molecule has 1 heterocycles. The predicted molar refractivity (Wildman–Crippen MR) is 67.2 cm³/mol. The third kappa shape index (κ3) is 3.46. The lowest BCUT2D eigenvalue weighted by atomic mass is 9.82. The van der Waals surface area contributed by atoms with Gasteiger partial charge in [-0.15, -0.1) is 0 Å². The summed E-state index contributed by atoms with van der Waals surface area (Å²) < 4.78 is 0. The number of hydrogen-bond donors (Lipinski definition) is 1. The first-order valence-electron chi connectivity index (χ1n) is 6.55. The van der Waals surface area contributed by atoms with Crippen molar-refractivity contribution in [3.63, 3.8) is 0 Å². The van der Waals surface area contributed by atoms with Crippen LogP contribution in [0.3, 0.4) is 0 Å². The molecule has 0 aliphatic carbocycles. The minimum Gasteiger partial charge on any atom is -0.317 e. The van der Waals surface area contributed by atoms with Gasteiger partial charge in [-0.3, -0.25) is 0 Å². The fourth-order valence-electron chi connectivity index (χ4n) is 2.57. The monoisotopic (exact) mass is 212 g/mol. The molecule has 1 aliphatic heterocycles. The summed E-state index contributed by atoms with van der Waals surface area (Å²) in [7, 11) is 2.05. The molecule has 1 rings (SSSR count). The van der Waals surface area contributed by atoms with E-state index in [4.69, 9.17) is 0 Å². The molecular weight excluding hydrogens is 184 g/mol. The number of rotatable bonds is 6. The summed E-state index contributed by atoms with van der Waals surface area (Å²) in [4.78, 5) is 2.65. The Morgan fingerprint density at radius 1 is 1.33 bits per heavy atom. The molecule has 0 aromatic heterocycles. The highest BCUT2D eigenvalue weighted by Crippen LogP contribution is 2.36. The van der Waals surface area contributed by atoms with Crippen molar-refractivity contribution < 1.29 is 0 Å². The molecule has 0 bridgehead atoms. The van der Waals surface area contributed by atoms with Crippen LogP contribution < -0.4 is 5.32 Å². The zero-order valence-electron chi connectivity index (χ0n) is 11.0. The zero-order valence-corrected chi connectivity index (χ0v) is 11.0.